The van der Waals surface area contributed by atoms with Gasteiger partial charge in [0.2, 0.25) is 5.91 Å². The highest BCUT2D eigenvalue weighted by Gasteiger charge is 2.28. The number of nitrogens with one attached hydrogen (secondary N) is 3. The second kappa shape index (κ2) is 17.8. The fourth-order valence-electron chi connectivity index (χ4n) is 7.39. The van der Waals surface area contributed by atoms with Crippen molar-refractivity contribution >= 4 is 48.5 Å². The van der Waals surface area contributed by atoms with Crippen molar-refractivity contribution in [3.8, 4) is 0 Å². The van der Waals surface area contributed by atoms with Gasteiger partial charge in [0.15, 0.2) is 0 Å². The van der Waals surface area contributed by atoms with Gasteiger partial charge in [-0.3, -0.25) is 14.2 Å². The number of amides is 1. The standard InChI is InChI=1S/C26H26FN5O3S.C15H18N4O2S/c1-18(32-16-12-22-23(27)3-2-4-24(22)32)26(33)31-14-10-20(11-15-31)19-5-7-21(8-6-19)36(34,35)30-25-9-13-28-17-29-25;20-22(21,19-15-7-10-17-11-18-15)14-3-1-12(2-4-14)13-5-8-16-9-6-13/h2-9,12-13,16-18,20H,10-11,14-15H2,1H3,(H,28,29,30);1-4,7,10-11,13,16H,5-6,8-9H2,(H,17,18,19)/t18-;/m1./s1. The third-order valence-electron chi connectivity index (χ3n) is 10.6. The Balaban J connectivity index is 0.000000199. The number of fused-ring (bicyclic) bond motifs is 1. The van der Waals surface area contributed by atoms with Gasteiger partial charge in [0.05, 0.1) is 15.3 Å². The van der Waals surface area contributed by atoms with Gasteiger partial charge in [-0.15, -0.1) is 0 Å². The van der Waals surface area contributed by atoms with E-state index < -0.39 is 26.1 Å². The molecule has 302 valence electrons. The van der Waals surface area contributed by atoms with E-state index in [1.54, 1.807) is 42.6 Å². The number of nitrogens with zero attached hydrogens (tertiary/aromatic N) is 6. The number of carbonyl (C=O) groups excluding carboxylic acids is 1. The van der Waals surface area contributed by atoms with Gasteiger partial charge in [0.1, 0.15) is 36.1 Å². The number of rotatable bonds is 10. The molecule has 2 aliphatic heterocycles. The molecular formula is C41H44FN9O5S2. The molecule has 58 heavy (non-hydrogen) atoms. The van der Waals surface area contributed by atoms with Crippen molar-refractivity contribution in [2.75, 3.05) is 35.6 Å². The Labute approximate surface area is 337 Å². The molecule has 2 fully saturated rings. The van der Waals surface area contributed by atoms with E-state index in [-0.39, 0.29) is 39.1 Å². The SMILES string of the molecule is C[C@H](C(=O)N1CCC(c2ccc(S(=O)(=O)Nc3ccncn3)cc2)CC1)n1ccc2c(F)cccc21.O=S(=O)(Nc1ccncn1)c1ccc(C2CCNCC2)cc1. The summed E-state index contributed by atoms with van der Waals surface area (Å²) in [5.74, 6) is 0.920. The Bertz CT molecular complexity index is 2530. The maximum Gasteiger partial charge on any atom is 0.263 e. The van der Waals surface area contributed by atoms with Crippen LogP contribution >= 0.6 is 0 Å². The van der Waals surface area contributed by atoms with Crippen molar-refractivity contribution < 1.29 is 26.0 Å². The first-order chi connectivity index (χ1) is 28.0. The molecule has 5 heterocycles. The van der Waals surface area contributed by atoms with Crippen LogP contribution in [0.4, 0.5) is 16.0 Å². The smallest absolute Gasteiger partial charge is 0.263 e. The molecule has 1 amide bonds. The van der Waals surface area contributed by atoms with Crippen LogP contribution in [-0.2, 0) is 24.8 Å². The molecule has 0 unspecified atom stereocenters. The maximum absolute atomic E-state index is 14.1. The topological polar surface area (TPSA) is 181 Å². The van der Waals surface area contributed by atoms with Crippen LogP contribution < -0.4 is 14.8 Å². The van der Waals surface area contributed by atoms with Gasteiger partial charge >= 0.3 is 0 Å². The minimum Gasteiger partial charge on any atom is -0.341 e. The summed E-state index contributed by atoms with van der Waals surface area (Å²) in [4.78, 5) is 30.8. The monoisotopic (exact) mass is 825 g/mol. The number of piperidine rings is 2. The first kappa shape index (κ1) is 40.4. The Morgan fingerprint density at radius 3 is 1.74 bits per heavy atom. The first-order valence-corrected chi connectivity index (χ1v) is 22.0. The van der Waals surface area contributed by atoms with Crippen molar-refractivity contribution in [3.05, 3.63) is 133 Å². The van der Waals surface area contributed by atoms with Gasteiger partial charge in [-0.2, -0.15) is 0 Å². The summed E-state index contributed by atoms with van der Waals surface area (Å²) >= 11 is 0. The van der Waals surface area contributed by atoms with Crippen LogP contribution in [-0.4, -0.2) is 78.3 Å². The molecule has 6 aromatic rings. The van der Waals surface area contributed by atoms with Crippen LogP contribution in [0.15, 0.2) is 126 Å². The number of hydrogen-bond donors (Lipinski definition) is 3. The van der Waals surface area contributed by atoms with E-state index in [1.807, 2.05) is 46.7 Å². The number of anilines is 2. The predicted molar refractivity (Wildman–Crippen MR) is 219 cm³/mol. The molecule has 0 spiro atoms. The van der Waals surface area contributed by atoms with Crippen molar-refractivity contribution in [3.63, 3.8) is 0 Å². The first-order valence-electron chi connectivity index (χ1n) is 19.0. The van der Waals surface area contributed by atoms with Crippen molar-refractivity contribution in [2.24, 2.45) is 0 Å². The zero-order valence-electron chi connectivity index (χ0n) is 31.8. The molecule has 8 rings (SSSR count). The van der Waals surface area contributed by atoms with Gasteiger partial charge in [-0.05, 0) is 123 Å². The maximum atomic E-state index is 14.1. The fraction of sp³-hybridized carbons (Fsp3) is 0.293. The van der Waals surface area contributed by atoms with E-state index in [2.05, 4.69) is 34.7 Å². The lowest BCUT2D eigenvalue weighted by molar-refractivity contribution is -0.135. The van der Waals surface area contributed by atoms with Gasteiger partial charge in [0.25, 0.3) is 20.0 Å². The highest BCUT2D eigenvalue weighted by Crippen LogP contribution is 2.31. The lowest BCUT2D eigenvalue weighted by atomic mass is 9.89. The van der Waals surface area contributed by atoms with E-state index in [1.165, 1.54) is 48.8 Å². The normalized spacial score (nSPS) is 15.9. The minimum absolute atomic E-state index is 0.00690. The molecule has 0 aliphatic carbocycles. The summed E-state index contributed by atoms with van der Waals surface area (Å²) in [6.07, 6.45) is 11.0. The molecule has 17 heteroatoms. The third kappa shape index (κ3) is 9.49. The average Bonchev–Trinajstić information content (AvgIpc) is 3.70. The van der Waals surface area contributed by atoms with Crippen LogP contribution in [0.2, 0.25) is 0 Å². The molecule has 0 bridgehead atoms. The van der Waals surface area contributed by atoms with Gasteiger partial charge in [0, 0.05) is 37.1 Å². The Morgan fingerprint density at radius 2 is 1.24 bits per heavy atom. The van der Waals surface area contributed by atoms with E-state index in [0.717, 1.165) is 44.3 Å². The van der Waals surface area contributed by atoms with E-state index in [4.69, 9.17) is 0 Å². The highest BCUT2D eigenvalue weighted by molar-refractivity contribution is 7.93. The van der Waals surface area contributed by atoms with Crippen LogP contribution in [0.3, 0.4) is 0 Å². The van der Waals surface area contributed by atoms with Crippen molar-refractivity contribution in [2.45, 2.75) is 60.3 Å². The Hall–Kier alpha value is -5.78. The number of sulfonamides is 2. The third-order valence-corrected chi connectivity index (χ3v) is 13.3. The molecule has 3 N–H and O–H groups in total. The number of likely N-dealkylation sites (tertiary alicyclic amines) is 1. The highest BCUT2D eigenvalue weighted by atomic mass is 32.2. The second-order valence-corrected chi connectivity index (χ2v) is 17.6. The van der Waals surface area contributed by atoms with Gasteiger partial charge in [-0.1, -0.05) is 30.3 Å². The minimum atomic E-state index is -3.75. The zero-order chi connectivity index (χ0) is 40.7. The Kier molecular flexibility index (Phi) is 12.4. The second-order valence-electron chi connectivity index (χ2n) is 14.2. The summed E-state index contributed by atoms with van der Waals surface area (Å²) in [5, 5.41) is 3.84. The lowest BCUT2D eigenvalue weighted by Gasteiger charge is -2.34. The Morgan fingerprint density at radius 1 is 0.724 bits per heavy atom. The van der Waals surface area contributed by atoms with Crippen LogP contribution in [0.1, 0.15) is 61.6 Å². The summed E-state index contributed by atoms with van der Waals surface area (Å²) < 4.78 is 70.6. The predicted octanol–water partition coefficient (Wildman–Crippen LogP) is 6.08. The quantitative estimate of drug-likeness (QED) is 0.146. The molecule has 2 aliphatic rings. The summed E-state index contributed by atoms with van der Waals surface area (Å²) in [6, 6.07) is 23.1. The van der Waals surface area contributed by atoms with Crippen LogP contribution in [0, 0.1) is 5.82 Å². The van der Waals surface area contributed by atoms with Crippen LogP contribution in [0.25, 0.3) is 10.9 Å². The lowest BCUT2D eigenvalue weighted by Crippen LogP contribution is -2.41. The van der Waals surface area contributed by atoms with Gasteiger partial charge < -0.3 is 14.8 Å². The molecule has 3 aromatic carbocycles. The van der Waals surface area contributed by atoms with Crippen molar-refractivity contribution in [1.29, 1.82) is 0 Å². The average molecular weight is 826 g/mol. The number of benzene rings is 3. The molecule has 0 radical (unpaired) electrons. The largest absolute Gasteiger partial charge is 0.341 e. The number of halogens is 1. The van der Waals surface area contributed by atoms with Crippen molar-refractivity contribution in [1.82, 2.24) is 34.7 Å². The summed E-state index contributed by atoms with van der Waals surface area (Å²) in [5.41, 5.74) is 2.94. The van der Waals surface area contributed by atoms with E-state index in [9.17, 15) is 26.0 Å². The van der Waals surface area contributed by atoms with E-state index >= 15 is 0 Å². The summed E-state index contributed by atoms with van der Waals surface area (Å²) in [6.45, 7) is 5.08. The molecule has 3 aromatic heterocycles. The molecular weight excluding hydrogens is 782 g/mol. The zero-order valence-corrected chi connectivity index (χ0v) is 33.4. The molecule has 14 nitrogen and oxygen atoms in total. The fourth-order valence-corrected chi connectivity index (χ4v) is 9.41. The molecule has 2 saturated heterocycles. The number of hydrogen-bond acceptors (Lipinski definition) is 10. The molecule has 0 saturated carbocycles. The van der Waals surface area contributed by atoms with Crippen LogP contribution in [0.5, 0.6) is 0 Å². The summed E-state index contributed by atoms with van der Waals surface area (Å²) in [7, 11) is -7.36. The van der Waals surface area contributed by atoms with Gasteiger partial charge in [-0.25, -0.2) is 41.2 Å². The number of carbonyl (C=O) groups is 1. The van der Waals surface area contributed by atoms with E-state index in [0.29, 0.717) is 29.9 Å². The number of aromatic nitrogens is 5. The molecule has 1 atom stereocenters.